The molecule has 0 spiro atoms. The average molecular weight is 343 g/mol. The third kappa shape index (κ3) is 1.66. The Morgan fingerprint density at radius 1 is 0.542 bits per heavy atom. The number of allylic oxidation sites excluding steroid dienone is 2. The van der Waals surface area contributed by atoms with Crippen molar-refractivity contribution in [3.05, 3.63) is 9.81 Å². The van der Waals surface area contributed by atoms with E-state index in [2.05, 4.69) is 0 Å². The van der Waals surface area contributed by atoms with Crippen LogP contribution in [-0.2, 0) is 10.8 Å². The van der Waals surface area contributed by atoms with Gasteiger partial charge in [-0.15, -0.1) is 0 Å². The topological polar surface area (TPSA) is 17.1 Å². The second kappa shape index (κ2) is 4.24. The summed E-state index contributed by atoms with van der Waals surface area (Å²) in [6.07, 6.45) is 17.5. The van der Waals surface area contributed by atoms with Crippen LogP contribution in [0.25, 0.3) is 0 Å². The zero-order chi connectivity index (χ0) is 15.7. The van der Waals surface area contributed by atoms with Gasteiger partial charge in [0.1, 0.15) is 0 Å². The van der Waals surface area contributed by atoms with Crippen molar-refractivity contribution < 1.29 is 4.21 Å². The van der Waals surface area contributed by atoms with Crippen LogP contribution in [0.15, 0.2) is 9.81 Å². The monoisotopic (exact) mass is 342 g/mol. The van der Waals surface area contributed by atoms with E-state index in [9.17, 15) is 4.21 Å². The first-order valence-electron chi connectivity index (χ1n) is 10.8. The Hall–Kier alpha value is -0.110. The molecule has 1 aliphatic heterocycles. The zero-order valence-corrected chi connectivity index (χ0v) is 15.6. The van der Waals surface area contributed by atoms with E-state index in [0.717, 1.165) is 35.5 Å². The van der Waals surface area contributed by atoms with E-state index in [4.69, 9.17) is 0 Å². The van der Waals surface area contributed by atoms with Crippen LogP contribution in [0.2, 0.25) is 0 Å². The molecule has 0 aromatic rings. The van der Waals surface area contributed by atoms with Crippen LogP contribution in [0.1, 0.15) is 77.0 Å². The van der Waals surface area contributed by atoms with E-state index in [1.807, 2.05) is 0 Å². The van der Waals surface area contributed by atoms with Crippen LogP contribution in [0.5, 0.6) is 0 Å². The molecule has 0 N–H and O–H groups in total. The summed E-state index contributed by atoms with van der Waals surface area (Å²) in [6, 6.07) is 0. The van der Waals surface area contributed by atoms with E-state index in [1.165, 1.54) is 77.0 Å². The Labute approximate surface area is 148 Å². The predicted molar refractivity (Wildman–Crippen MR) is 96.4 cm³/mol. The molecule has 1 nitrogen and oxygen atoms in total. The average Bonchev–Trinajstić information content (AvgIpc) is 3.18. The summed E-state index contributed by atoms with van der Waals surface area (Å²) in [6.45, 7) is 0. The Kier molecular flexibility index (Phi) is 2.47. The summed E-state index contributed by atoms with van der Waals surface area (Å²) in [5.41, 5.74) is 0.858. The van der Waals surface area contributed by atoms with Gasteiger partial charge < -0.3 is 0 Å². The molecule has 0 amide bonds. The quantitative estimate of drug-likeness (QED) is 0.657. The van der Waals surface area contributed by atoms with Crippen molar-refractivity contribution in [1.29, 1.82) is 0 Å². The van der Waals surface area contributed by atoms with Crippen LogP contribution in [-0.4, -0.2) is 4.21 Å². The summed E-state index contributed by atoms with van der Waals surface area (Å²) < 4.78 is 13.3. The van der Waals surface area contributed by atoms with Gasteiger partial charge >= 0.3 is 0 Å². The minimum Gasteiger partial charge on any atom is -0.250 e. The molecule has 24 heavy (non-hydrogen) atoms. The van der Waals surface area contributed by atoms with Crippen LogP contribution < -0.4 is 0 Å². The fourth-order valence-corrected chi connectivity index (χ4v) is 11.9. The highest BCUT2D eigenvalue weighted by Gasteiger charge is 2.64. The summed E-state index contributed by atoms with van der Waals surface area (Å²) in [5.74, 6) is 5.91. The molecule has 0 saturated heterocycles. The number of rotatable bonds is 2. The number of hydrogen-bond acceptors (Lipinski definition) is 1. The first-order chi connectivity index (χ1) is 11.6. The lowest BCUT2D eigenvalue weighted by Crippen LogP contribution is -2.47. The van der Waals surface area contributed by atoms with Crippen molar-refractivity contribution in [2.45, 2.75) is 77.0 Å². The first-order valence-corrected chi connectivity index (χ1v) is 11.9. The van der Waals surface area contributed by atoms with Gasteiger partial charge in [0.2, 0.25) is 0 Å². The molecular formula is C22H30OS. The third-order valence-corrected chi connectivity index (χ3v) is 11.4. The predicted octanol–water partition coefficient (Wildman–Crippen LogP) is 5.39. The molecule has 0 unspecified atom stereocenters. The van der Waals surface area contributed by atoms with Gasteiger partial charge in [0.05, 0.1) is 10.8 Å². The molecular weight excluding hydrogens is 312 g/mol. The summed E-state index contributed by atoms with van der Waals surface area (Å²) in [5, 5.41) is 0. The van der Waals surface area contributed by atoms with Crippen molar-refractivity contribution in [3.63, 3.8) is 0 Å². The van der Waals surface area contributed by atoms with Crippen LogP contribution in [0.4, 0.5) is 0 Å². The Morgan fingerprint density at radius 2 is 0.792 bits per heavy atom. The van der Waals surface area contributed by atoms with Gasteiger partial charge in [-0.3, -0.25) is 0 Å². The van der Waals surface area contributed by atoms with Gasteiger partial charge in [0, 0.05) is 20.6 Å². The SMILES string of the molecule is O=S1C(C23CC4CC(CC(C4)C2)C3)=C1C12CC3CC(CC(C3)C1)C2. The molecule has 8 fully saturated rings. The molecule has 130 valence electrons. The Balaban J connectivity index is 1.31. The highest BCUT2D eigenvalue weighted by molar-refractivity contribution is 7.99. The molecule has 8 aliphatic carbocycles. The van der Waals surface area contributed by atoms with Gasteiger partial charge in [-0.1, -0.05) is 0 Å². The summed E-state index contributed by atoms with van der Waals surface area (Å²) >= 11 is 0. The van der Waals surface area contributed by atoms with Crippen LogP contribution in [0, 0.1) is 46.3 Å². The first kappa shape index (κ1) is 14.0. The van der Waals surface area contributed by atoms with E-state index in [1.54, 1.807) is 9.81 Å². The van der Waals surface area contributed by atoms with E-state index >= 15 is 0 Å². The maximum Gasteiger partial charge on any atom is 0.0797 e. The molecule has 0 aromatic heterocycles. The maximum atomic E-state index is 13.3. The molecule has 0 atom stereocenters. The minimum absolute atomic E-state index is 0.429. The second-order valence-electron chi connectivity index (χ2n) is 11.3. The molecule has 8 saturated carbocycles. The van der Waals surface area contributed by atoms with Crippen molar-refractivity contribution >= 4 is 10.8 Å². The van der Waals surface area contributed by atoms with Crippen molar-refractivity contribution in [2.75, 3.05) is 0 Å². The molecule has 8 bridgehead atoms. The summed E-state index contributed by atoms with van der Waals surface area (Å²) in [7, 11) is -0.628. The lowest BCUT2D eigenvalue weighted by Gasteiger charge is -2.57. The van der Waals surface area contributed by atoms with E-state index in [0.29, 0.717) is 10.8 Å². The standard InChI is InChI=1S/C22H30OS/c23-24-19(21-7-13-1-14(8-21)3-15(2-13)9-21)20(24)22-10-16-4-17(11-22)6-18(5-16)12-22/h13-18H,1-12H2. The highest BCUT2D eigenvalue weighted by Crippen LogP contribution is 2.73. The van der Waals surface area contributed by atoms with Crippen molar-refractivity contribution in [2.24, 2.45) is 46.3 Å². The van der Waals surface area contributed by atoms with E-state index < -0.39 is 10.8 Å². The van der Waals surface area contributed by atoms with Gasteiger partial charge in [-0.05, 0) is 113 Å². The minimum atomic E-state index is -0.628. The highest BCUT2D eigenvalue weighted by atomic mass is 32.2. The van der Waals surface area contributed by atoms with Gasteiger partial charge in [0.25, 0.3) is 0 Å². The Morgan fingerprint density at radius 3 is 1.04 bits per heavy atom. The van der Waals surface area contributed by atoms with Gasteiger partial charge in [-0.25, -0.2) is 4.21 Å². The molecule has 9 rings (SSSR count). The molecule has 0 aromatic carbocycles. The van der Waals surface area contributed by atoms with Crippen LogP contribution in [0.3, 0.4) is 0 Å². The normalized spacial score (nSPS) is 62.6. The lowest BCUT2D eigenvalue weighted by atomic mass is 9.47. The van der Waals surface area contributed by atoms with Crippen LogP contribution >= 0.6 is 0 Å². The maximum absolute atomic E-state index is 13.3. The van der Waals surface area contributed by atoms with Gasteiger partial charge in [0.15, 0.2) is 0 Å². The largest absolute Gasteiger partial charge is 0.250 e. The molecule has 2 heteroatoms. The fraction of sp³-hybridized carbons (Fsp3) is 0.909. The van der Waals surface area contributed by atoms with Crippen molar-refractivity contribution in [3.8, 4) is 0 Å². The third-order valence-electron chi connectivity index (χ3n) is 9.58. The molecule has 1 heterocycles. The fourth-order valence-electron chi connectivity index (χ4n) is 9.79. The lowest BCUT2D eigenvalue weighted by molar-refractivity contribution is -0.0337. The second-order valence-corrected chi connectivity index (χ2v) is 12.7. The summed E-state index contributed by atoms with van der Waals surface area (Å²) in [4.78, 5) is 3.12. The van der Waals surface area contributed by atoms with Crippen molar-refractivity contribution in [1.82, 2.24) is 0 Å². The van der Waals surface area contributed by atoms with Gasteiger partial charge in [-0.2, -0.15) is 0 Å². The Bertz CT molecular complexity index is 560. The zero-order valence-electron chi connectivity index (χ0n) is 14.8. The smallest absolute Gasteiger partial charge is 0.0797 e. The van der Waals surface area contributed by atoms with E-state index in [-0.39, 0.29) is 0 Å². The number of hydrogen-bond donors (Lipinski definition) is 0. The molecule has 0 radical (unpaired) electrons. The molecule has 9 aliphatic rings.